The lowest BCUT2D eigenvalue weighted by atomic mass is 10.2. The molecule has 0 N–H and O–H groups in total. The number of anilines is 2. The van der Waals surface area contributed by atoms with Crippen LogP contribution in [0.3, 0.4) is 0 Å². The molecule has 1 heterocycles. The molecule has 0 aliphatic heterocycles. The van der Waals surface area contributed by atoms with Gasteiger partial charge in [-0.15, -0.1) is 0 Å². The van der Waals surface area contributed by atoms with Crippen molar-refractivity contribution in [2.24, 2.45) is 0 Å². The largest absolute Gasteiger partial charge is 0.341 e. The molecule has 156 valence electrons. The van der Waals surface area contributed by atoms with E-state index in [0.29, 0.717) is 32.3 Å². The fourth-order valence-electron chi connectivity index (χ4n) is 2.78. The molecule has 2 amide bonds. The van der Waals surface area contributed by atoms with Gasteiger partial charge in [0.1, 0.15) is 4.88 Å². The topological polar surface area (TPSA) is 53.5 Å². The molecule has 0 radical (unpaired) electrons. The Labute approximate surface area is 193 Å². The van der Waals surface area contributed by atoms with Crippen molar-refractivity contribution in [3.63, 3.8) is 0 Å². The molecule has 2 aromatic carbocycles. The second-order valence-electron chi connectivity index (χ2n) is 6.47. The average molecular weight is 483 g/mol. The summed E-state index contributed by atoms with van der Waals surface area (Å²) in [6.45, 7) is 2.63. The Balaban J connectivity index is 2.04. The standard InChI is InChI=1S/C21H18Cl3N3O2S/c1-3-10-26(2)20(29)18-12-25-21(30-18)27(15-7-4-13(22)5-8-15)19(28)16-9-6-14(23)11-17(16)24/h4-9,11-12H,3,10H2,1-2H3. The highest BCUT2D eigenvalue weighted by Crippen LogP contribution is 2.34. The van der Waals surface area contributed by atoms with Gasteiger partial charge >= 0.3 is 0 Å². The summed E-state index contributed by atoms with van der Waals surface area (Å²) in [6, 6.07) is 11.4. The molecular weight excluding hydrogens is 465 g/mol. The summed E-state index contributed by atoms with van der Waals surface area (Å²) in [5.74, 6) is -0.539. The predicted octanol–water partition coefficient (Wildman–Crippen LogP) is 6.56. The number of hydrogen-bond acceptors (Lipinski definition) is 4. The minimum Gasteiger partial charge on any atom is -0.341 e. The van der Waals surface area contributed by atoms with E-state index < -0.39 is 5.91 Å². The van der Waals surface area contributed by atoms with Gasteiger partial charge in [-0.1, -0.05) is 53.1 Å². The molecule has 9 heteroatoms. The molecule has 5 nitrogen and oxygen atoms in total. The Morgan fingerprint density at radius 3 is 2.30 bits per heavy atom. The van der Waals surface area contributed by atoms with E-state index >= 15 is 0 Å². The predicted molar refractivity (Wildman–Crippen MR) is 124 cm³/mol. The number of amides is 2. The number of carbonyl (C=O) groups excluding carboxylic acids is 2. The van der Waals surface area contributed by atoms with Crippen LogP contribution in [0.5, 0.6) is 0 Å². The maximum Gasteiger partial charge on any atom is 0.266 e. The summed E-state index contributed by atoms with van der Waals surface area (Å²) in [7, 11) is 1.74. The van der Waals surface area contributed by atoms with Gasteiger partial charge in [-0.25, -0.2) is 4.98 Å². The van der Waals surface area contributed by atoms with Gasteiger partial charge in [-0.05, 0) is 48.9 Å². The SMILES string of the molecule is CCCN(C)C(=O)c1cnc(N(C(=O)c2ccc(Cl)cc2Cl)c2ccc(Cl)cc2)s1. The van der Waals surface area contributed by atoms with Crippen LogP contribution in [-0.2, 0) is 0 Å². The maximum absolute atomic E-state index is 13.4. The van der Waals surface area contributed by atoms with Crippen molar-refractivity contribution in [3.05, 3.63) is 74.2 Å². The number of thiazole rings is 1. The highest BCUT2D eigenvalue weighted by molar-refractivity contribution is 7.17. The van der Waals surface area contributed by atoms with Crippen LogP contribution in [0, 0.1) is 0 Å². The second kappa shape index (κ2) is 9.79. The molecule has 0 unspecified atom stereocenters. The number of carbonyl (C=O) groups is 2. The van der Waals surface area contributed by atoms with Crippen LogP contribution in [0.4, 0.5) is 10.8 Å². The van der Waals surface area contributed by atoms with E-state index in [9.17, 15) is 9.59 Å². The number of hydrogen-bond donors (Lipinski definition) is 0. The van der Waals surface area contributed by atoms with E-state index in [1.54, 1.807) is 48.3 Å². The van der Waals surface area contributed by atoms with Crippen LogP contribution in [0.2, 0.25) is 15.1 Å². The van der Waals surface area contributed by atoms with E-state index in [4.69, 9.17) is 34.8 Å². The summed E-state index contributed by atoms with van der Waals surface area (Å²) < 4.78 is 0. The third-order valence-electron chi connectivity index (χ3n) is 4.25. The molecule has 0 saturated heterocycles. The van der Waals surface area contributed by atoms with Crippen LogP contribution < -0.4 is 4.90 Å². The summed E-state index contributed by atoms with van der Waals surface area (Å²) in [4.78, 5) is 33.9. The van der Waals surface area contributed by atoms with Crippen molar-refractivity contribution in [2.45, 2.75) is 13.3 Å². The Morgan fingerprint density at radius 1 is 1.00 bits per heavy atom. The van der Waals surface area contributed by atoms with E-state index in [0.717, 1.165) is 17.8 Å². The van der Waals surface area contributed by atoms with Gasteiger partial charge in [0.05, 0.1) is 22.5 Å². The van der Waals surface area contributed by atoms with Crippen molar-refractivity contribution < 1.29 is 9.59 Å². The first-order valence-electron chi connectivity index (χ1n) is 9.08. The number of rotatable bonds is 6. The normalized spacial score (nSPS) is 10.7. The van der Waals surface area contributed by atoms with Gasteiger partial charge in [0.2, 0.25) is 0 Å². The van der Waals surface area contributed by atoms with Gasteiger partial charge in [-0.2, -0.15) is 0 Å². The molecule has 0 aliphatic rings. The number of nitrogens with zero attached hydrogens (tertiary/aromatic N) is 3. The molecule has 30 heavy (non-hydrogen) atoms. The summed E-state index contributed by atoms with van der Waals surface area (Å²) in [5, 5.41) is 1.53. The van der Waals surface area contributed by atoms with Gasteiger partial charge in [0, 0.05) is 23.6 Å². The molecule has 0 spiro atoms. The van der Waals surface area contributed by atoms with Crippen LogP contribution >= 0.6 is 46.1 Å². The Kier molecular flexibility index (Phi) is 7.36. The Morgan fingerprint density at radius 2 is 1.67 bits per heavy atom. The van der Waals surface area contributed by atoms with E-state index in [2.05, 4.69) is 4.98 Å². The highest BCUT2D eigenvalue weighted by atomic mass is 35.5. The fourth-order valence-corrected chi connectivity index (χ4v) is 4.33. The number of benzene rings is 2. The van der Waals surface area contributed by atoms with Crippen molar-refractivity contribution in [1.82, 2.24) is 9.88 Å². The number of aromatic nitrogens is 1. The first-order valence-corrected chi connectivity index (χ1v) is 11.0. The fraction of sp³-hybridized carbons (Fsp3) is 0.190. The van der Waals surface area contributed by atoms with E-state index in [1.807, 2.05) is 6.92 Å². The number of halogens is 3. The lowest BCUT2D eigenvalue weighted by molar-refractivity contribution is 0.0799. The molecule has 1 aromatic heterocycles. The van der Waals surface area contributed by atoms with Gasteiger partial charge in [0.25, 0.3) is 11.8 Å². The van der Waals surface area contributed by atoms with Crippen molar-refractivity contribution in [2.75, 3.05) is 18.5 Å². The van der Waals surface area contributed by atoms with Gasteiger partial charge in [0.15, 0.2) is 5.13 Å². The molecule has 0 aliphatic carbocycles. The zero-order valence-electron chi connectivity index (χ0n) is 16.2. The minimum atomic E-state index is -0.394. The van der Waals surface area contributed by atoms with Crippen LogP contribution in [-0.4, -0.2) is 35.3 Å². The first-order chi connectivity index (χ1) is 14.3. The summed E-state index contributed by atoms with van der Waals surface area (Å²) >= 11 is 19.4. The van der Waals surface area contributed by atoms with E-state index in [-0.39, 0.29) is 16.5 Å². The Hall–Kier alpha value is -2.12. The van der Waals surface area contributed by atoms with Crippen LogP contribution in [0.15, 0.2) is 48.7 Å². The van der Waals surface area contributed by atoms with Gasteiger partial charge < -0.3 is 4.90 Å². The zero-order chi connectivity index (χ0) is 21.8. The van der Waals surface area contributed by atoms with Crippen molar-refractivity contribution in [1.29, 1.82) is 0 Å². The van der Waals surface area contributed by atoms with Crippen molar-refractivity contribution >= 4 is 68.8 Å². The molecular formula is C21H18Cl3N3O2S. The molecule has 3 rings (SSSR count). The molecule has 0 saturated carbocycles. The molecule has 3 aromatic rings. The second-order valence-corrected chi connectivity index (χ2v) is 8.76. The average Bonchev–Trinajstić information content (AvgIpc) is 3.18. The monoisotopic (exact) mass is 481 g/mol. The highest BCUT2D eigenvalue weighted by Gasteiger charge is 2.26. The third kappa shape index (κ3) is 4.95. The molecule has 0 fully saturated rings. The summed E-state index contributed by atoms with van der Waals surface area (Å²) in [5.41, 5.74) is 0.813. The zero-order valence-corrected chi connectivity index (χ0v) is 19.3. The van der Waals surface area contributed by atoms with Crippen molar-refractivity contribution in [3.8, 4) is 0 Å². The third-order valence-corrected chi connectivity index (χ3v) is 6.02. The first kappa shape index (κ1) is 22.6. The van der Waals surface area contributed by atoms with Crippen LogP contribution in [0.1, 0.15) is 33.4 Å². The minimum absolute atomic E-state index is 0.145. The lowest BCUT2D eigenvalue weighted by Gasteiger charge is -2.21. The van der Waals surface area contributed by atoms with Crippen LogP contribution in [0.25, 0.3) is 0 Å². The maximum atomic E-state index is 13.4. The molecule has 0 bridgehead atoms. The summed E-state index contributed by atoms with van der Waals surface area (Å²) in [6.07, 6.45) is 2.33. The Bertz CT molecular complexity index is 1070. The molecule has 0 atom stereocenters. The quantitative estimate of drug-likeness (QED) is 0.399. The lowest BCUT2D eigenvalue weighted by Crippen LogP contribution is -2.27. The smallest absolute Gasteiger partial charge is 0.266 e. The van der Waals surface area contributed by atoms with E-state index in [1.165, 1.54) is 17.2 Å². The van der Waals surface area contributed by atoms with Gasteiger partial charge in [-0.3, -0.25) is 14.5 Å².